The molecule has 0 unspecified atom stereocenters. The molecule has 2 aliphatic rings. The number of hydrogen-bond donors (Lipinski definition) is 0. The molecule has 5 rings (SSSR count). The Kier molecular flexibility index (Phi) is 4.95. The lowest BCUT2D eigenvalue weighted by Gasteiger charge is -2.36. The van der Waals surface area contributed by atoms with E-state index in [0.29, 0.717) is 12.0 Å². The molecule has 28 heavy (non-hydrogen) atoms. The SMILES string of the molecule is c1nc(N2CCN(c3cncc(OC4CCCCC4)n3)CC2)c2ccsc2n1. The van der Waals surface area contributed by atoms with Crippen LogP contribution in [0.25, 0.3) is 10.2 Å². The highest BCUT2D eigenvalue weighted by molar-refractivity contribution is 7.16. The van der Waals surface area contributed by atoms with Crippen LogP contribution >= 0.6 is 11.3 Å². The third-order valence-electron chi connectivity index (χ3n) is 5.58. The lowest BCUT2D eigenvalue weighted by molar-refractivity contribution is 0.148. The lowest BCUT2D eigenvalue weighted by Crippen LogP contribution is -2.47. The van der Waals surface area contributed by atoms with Gasteiger partial charge >= 0.3 is 0 Å². The highest BCUT2D eigenvalue weighted by Gasteiger charge is 2.22. The Morgan fingerprint density at radius 2 is 1.79 bits per heavy atom. The third kappa shape index (κ3) is 3.61. The highest BCUT2D eigenvalue weighted by Crippen LogP contribution is 2.28. The number of nitrogens with zero attached hydrogens (tertiary/aromatic N) is 6. The Morgan fingerprint density at radius 1 is 0.964 bits per heavy atom. The van der Waals surface area contributed by atoms with Crippen molar-refractivity contribution in [3.8, 4) is 5.88 Å². The molecule has 146 valence electrons. The van der Waals surface area contributed by atoms with Crippen LogP contribution in [0, 0.1) is 0 Å². The minimum atomic E-state index is 0.293. The van der Waals surface area contributed by atoms with E-state index < -0.39 is 0 Å². The molecule has 3 aromatic heterocycles. The first-order valence-corrected chi connectivity index (χ1v) is 10.9. The molecule has 1 aliphatic heterocycles. The van der Waals surface area contributed by atoms with Crippen LogP contribution < -0.4 is 14.5 Å². The minimum absolute atomic E-state index is 0.293. The molecule has 1 saturated carbocycles. The number of rotatable bonds is 4. The van der Waals surface area contributed by atoms with Gasteiger partial charge in [0, 0.05) is 26.2 Å². The average molecular weight is 397 g/mol. The predicted octanol–water partition coefficient (Wildman–Crippen LogP) is 3.52. The summed E-state index contributed by atoms with van der Waals surface area (Å²) in [4.78, 5) is 23.7. The number of piperazine rings is 1. The summed E-state index contributed by atoms with van der Waals surface area (Å²) in [5.41, 5.74) is 0. The fourth-order valence-corrected chi connectivity index (χ4v) is 4.80. The number of anilines is 2. The van der Waals surface area contributed by atoms with Crippen molar-refractivity contribution in [1.29, 1.82) is 0 Å². The summed E-state index contributed by atoms with van der Waals surface area (Å²) in [6.07, 6.45) is 11.6. The topological polar surface area (TPSA) is 67.3 Å². The van der Waals surface area contributed by atoms with Crippen molar-refractivity contribution < 1.29 is 4.74 Å². The smallest absolute Gasteiger partial charge is 0.234 e. The second-order valence-corrected chi connectivity index (χ2v) is 8.30. The Bertz CT molecular complexity index is 933. The summed E-state index contributed by atoms with van der Waals surface area (Å²) in [7, 11) is 0. The maximum Gasteiger partial charge on any atom is 0.234 e. The van der Waals surface area contributed by atoms with Crippen molar-refractivity contribution in [3.05, 3.63) is 30.2 Å². The summed E-state index contributed by atoms with van der Waals surface area (Å²) in [6, 6.07) is 2.11. The van der Waals surface area contributed by atoms with Crippen LogP contribution in [0.3, 0.4) is 0 Å². The van der Waals surface area contributed by atoms with Gasteiger partial charge in [-0.3, -0.25) is 4.98 Å². The molecule has 0 N–H and O–H groups in total. The van der Waals surface area contributed by atoms with Crippen molar-refractivity contribution in [2.75, 3.05) is 36.0 Å². The maximum absolute atomic E-state index is 6.09. The van der Waals surface area contributed by atoms with E-state index >= 15 is 0 Å². The summed E-state index contributed by atoms with van der Waals surface area (Å²) >= 11 is 1.66. The van der Waals surface area contributed by atoms with Gasteiger partial charge in [-0.1, -0.05) is 6.42 Å². The van der Waals surface area contributed by atoms with E-state index in [1.165, 1.54) is 19.3 Å². The molecule has 8 heteroatoms. The molecule has 0 radical (unpaired) electrons. The van der Waals surface area contributed by atoms with Gasteiger partial charge in [0.05, 0.1) is 17.8 Å². The first-order valence-electron chi connectivity index (χ1n) is 10.0. The monoisotopic (exact) mass is 396 g/mol. The molecular formula is C20H24N6OS. The van der Waals surface area contributed by atoms with Gasteiger partial charge in [-0.25, -0.2) is 9.97 Å². The largest absolute Gasteiger partial charge is 0.473 e. The third-order valence-corrected chi connectivity index (χ3v) is 6.40. The molecule has 4 heterocycles. The van der Waals surface area contributed by atoms with Crippen LogP contribution in [-0.4, -0.2) is 52.2 Å². The quantitative estimate of drug-likeness (QED) is 0.668. The average Bonchev–Trinajstić information content (AvgIpc) is 3.24. The summed E-state index contributed by atoms with van der Waals surface area (Å²) in [5, 5.41) is 3.22. The molecule has 1 saturated heterocycles. The van der Waals surface area contributed by atoms with Gasteiger partial charge in [0.15, 0.2) is 5.82 Å². The zero-order valence-corrected chi connectivity index (χ0v) is 16.6. The molecule has 0 bridgehead atoms. The fourth-order valence-electron chi connectivity index (χ4n) is 4.08. The Morgan fingerprint density at radius 3 is 2.64 bits per heavy atom. The van der Waals surface area contributed by atoms with Gasteiger partial charge in [0.25, 0.3) is 0 Å². The summed E-state index contributed by atoms with van der Waals surface area (Å²) in [5.74, 6) is 2.59. The van der Waals surface area contributed by atoms with Crippen LogP contribution in [0.4, 0.5) is 11.6 Å². The fraction of sp³-hybridized carbons (Fsp3) is 0.500. The normalized spacial score (nSPS) is 18.6. The van der Waals surface area contributed by atoms with Crippen LogP contribution in [0.2, 0.25) is 0 Å². The van der Waals surface area contributed by atoms with E-state index in [1.807, 2.05) is 6.20 Å². The molecule has 0 spiro atoms. The lowest BCUT2D eigenvalue weighted by atomic mass is 9.98. The van der Waals surface area contributed by atoms with Crippen LogP contribution in [0.15, 0.2) is 30.2 Å². The van der Waals surface area contributed by atoms with Crippen LogP contribution in [0.1, 0.15) is 32.1 Å². The van der Waals surface area contributed by atoms with Crippen LogP contribution in [-0.2, 0) is 0 Å². The highest BCUT2D eigenvalue weighted by atomic mass is 32.1. The molecule has 2 fully saturated rings. The van der Waals surface area contributed by atoms with Crippen molar-refractivity contribution in [3.63, 3.8) is 0 Å². The van der Waals surface area contributed by atoms with E-state index in [-0.39, 0.29) is 0 Å². The molecular weight excluding hydrogens is 372 g/mol. The van der Waals surface area contributed by atoms with E-state index in [1.54, 1.807) is 23.9 Å². The first-order chi connectivity index (χ1) is 13.9. The predicted molar refractivity (Wildman–Crippen MR) is 111 cm³/mol. The zero-order chi connectivity index (χ0) is 18.8. The van der Waals surface area contributed by atoms with Gasteiger partial charge in [-0.15, -0.1) is 11.3 Å². The number of aromatic nitrogens is 4. The molecule has 7 nitrogen and oxygen atoms in total. The molecule has 0 aromatic carbocycles. The number of ether oxygens (including phenoxy) is 1. The van der Waals surface area contributed by atoms with E-state index in [2.05, 4.69) is 36.2 Å². The Hall–Kier alpha value is -2.48. The minimum Gasteiger partial charge on any atom is -0.473 e. The number of hydrogen-bond acceptors (Lipinski definition) is 8. The zero-order valence-electron chi connectivity index (χ0n) is 15.8. The molecule has 1 aliphatic carbocycles. The number of thiophene rings is 1. The Balaban J connectivity index is 1.25. The van der Waals surface area contributed by atoms with Crippen molar-refractivity contribution in [2.24, 2.45) is 0 Å². The van der Waals surface area contributed by atoms with Crippen molar-refractivity contribution in [1.82, 2.24) is 19.9 Å². The van der Waals surface area contributed by atoms with Gasteiger partial charge in [0.1, 0.15) is 23.1 Å². The molecule has 3 aromatic rings. The summed E-state index contributed by atoms with van der Waals surface area (Å²) in [6.45, 7) is 3.57. The second kappa shape index (κ2) is 7.87. The van der Waals surface area contributed by atoms with Gasteiger partial charge in [-0.05, 0) is 37.1 Å². The molecule has 0 amide bonds. The standard InChI is InChI=1S/C20H24N6OS/c1-2-4-15(5-3-1)27-18-13-21-12-17(24-18)25-7-9-26(10-8-25)19-16-6-11-28-20(16)23-14-22-19/h6,11-15H,1-5,7-10H2. The van der Waals surface area contributed by atoms with E-state index in [9.17, 15) is 0 Å². The number of fused-ring (bicyclic) bond motifs is 1. The molecule has 0 atom stereocenters. The maximum atomic E-state index is 6.09. The van der Waals surface area contributed by atoms with Gasteiger partial charge in [0.2, 0.25) is 5.88 Å². The van der Waals surface area contributed by atoms with Crippen molar-refractivity contribution in [2.45, 2.75) is 38.2 Å². The van der Waals surface area contributed by atoms with E-state index in [0.717, 1.165) is 60.9 Å². The van der Waals surface area contributed by atoms with E-state index in [4.69, 9.17) is 9.72 Å². The van der Waals surface area contributed by atoms with Gasteiger partial charge in [-0.2, -0.15) is 4.98 Å². The van der Waals surface area contributed by atoms with Crippen molar-refractivity contribution >= 4 is 33.2 Å². The Labute approximate surface area is 168 Å². The van der Waals surface area contributed by atoms with Gasteiger partial charge < -0.3 is 14.5 Å². The first kappa shape index (κ1) is 17.6. The second-order valence-electron chi connectivity index (χ2n) is 7.40. The van der Waals surface area contributed by atoms with Crippen LogP contribution in [0.5, 0.6) is 5.88 Å². The summed E-state index contributed by atoms with van der Waals surface area (Å²) < 4.78 is 6.09.